The van der Waals surface area contributed by atoms with Crippen LogP contribution in [0.5, 0.6) is 5.75 Å². The smallest absolute Gasteiger partial charge is 0.241 e. The minimum absolute atomic E-state index is 0.0489. The number of aliphatic hydroxyl groups is 1. The van der Waals surface area contributed by atoms with Gasteiger partial charge in [0.1, 0.15) is 19.1 Å². The molecule has 0 aliphatic heterocycles. The van der Waals surface area contributed by atoms with Gasteiger partial charge in [-0.1, -0.05) is 60.7 Å². The molecule has 0 fully saturated rings. The maximum absolute atomic E-state index is 13.4. The van der Waals surface area contributed by atoms with E-state index in [-0.39, 0.29) is 44.3 Å². The van der Waals surface area contributed by atoms with Gasteiger partial charge >= 0.3 is 0 Å². The summed E-state index contributed by atoms with van der Waals surface area (Å²) in [5.74, 6) is -1.42. The molecule has 0 saturated heterocycles. The molecule has 3 aromatic rings. The van der Waals surface area contributed by atoms with E-state index in [0.29, 0.717) is 17.0 Å². The van der Waals surface area contributed by atoms with Crippen molar-refractivity contribution in [2.45, 2.75) is 25.5 Å². The van der Waals surface area contributed by atoms with Crippen molar-refractivity contribution in [3.63, 3.8) is 0 Å². The molecule has 1 N–H and O–H groups in total. The number of nitrogens with zero attached hydrogens (tertiary/aromatic N) is 1. The monoisotopic (exact) mass is 469 g/mol. The number of aliphatic hydroxyl groups excluding tert-OH is 1. The zero-order valence-electron chi connectivity index (χ0n) is 19.7. The molecule has 0 spiro atoms. The van der Waals surface area contributed by atoms with E-state index in [2.05, 4.69) is 0 Å². The van der Waals surface area contributed by atoms with E-state index in [0.717, 1.165) is 5.56 Å². The Morgan fingerprint density at radius 1 is 0.912 bits per heavy atom. The third kappa shape index (κ3) is 5.55. The molecule has 0 bridgehead atoms. The number of hydrogen-bond donors (Lipinski definition) is 1. The lowest BCUT2D eigenvalue weighted by atomic mass is 9.99. The number of aromatic nitrogens is 1. The van der Waals surface area contributed by atoms with E-state index >= 15 is 0 Å². The first kappa shape index (κ1) is 25.6. The summed E-state index contributed by atoms with van der Waals surface area (Å²) in [5, 5.41) is 9.90. The van der Waals surface area contributed by atoms with Crippen molar-refractivity contribution in [3.8, 4) is 5.75 Å². The summed E-state index contributed by atoms with van der Waals surface area (Å²) in [5.41, 5.74) is 2.05. The van der Waals surface area contributed by atoms with Gasteiger partial charge in [-0.3, -0.25) is 4.79 Å². The highest BCUT2D eigenvalue weighted by molar-refractivity contribution is 5.41. The minimum atomic E-state index is -1.49. The number of benzene rings is 2. The molecular weight excluding hydrogens is 438 g/mol. The van der Waals surface area contributed by atoms with Gasteiger partial charge in [0, 0.05) is 45.2 Å². The molecule has 0 aliphatic carbocycles. The van der Waals surface area contributed by atoms with Crippen LogP contribution in [0.25, 0.3) is 0 Å². The van der Waals surface area contributed by atoms with Crippen LogP contribution in [0.3, 0.4) is 0 Å². The van der Waals surface area contributed by atoms with Crippen LogP contribution in [0.1, 0.15) is 22.5 Å². The molecule has 3 rings (SSSR count). The predicted molar refractivity (Wildman–Crippen MR) is 126 cm³/mol. The van der Waals surface area contributed by atoms with Crippen LogP contribution in [0, 0.1) is 0 Å². The first-order valence-electron chi connectivity index (χ1n) is 10.9. The van der Waals surface area contributed by atoms with Crippen LogP contribution >= 0.6 is 0 Å². The van der Waals surface area contributed by atoms with Crippen molar-refractivity contribution in [2.75, 3.05) is 34.7 Å². The van der Waals surface area contributed by atoms with Crippen molar-refractivity contribution in [1.29, 1.82) is 0 Å². The maximum Gasteiger partial charge on any atom is 0.241 e. The van der Waals surface area contributed by atoms with Gasteiger partial charge in [0.2, 0.25) is 11.2 Å². The molecule has 1 heterocycles. The highest BCUT2D eigenvalue weighted by Gasteiger charge is 2.42. The molecule has 0 atom stereocenters. The van der Waals surface area contributed by atoms with Crippen LogP contribution in [-0.2, 0) is 44.5 Å². The molecule has 182 valence electrons. The molecule has 8 nitrogen and oxygen atoms in total. The average molecular weight is 470 g/mol. The van der Waals surface area contributed by atoms with Crippen molar-refractivity contribution < 1.29 is 28.8 Å². The SMILES string of the molecule is COCOCc1cc(=O)c(OCc2ccccc2)c(C(OC)(OC)c2ccccc2)n1CCO. The quantitative estimate of drug-likeness (QED) is 0.304. The standard InChI is InChI=1S/C26H31NO7/c1-30-19-33-18-22-16-23(29)24(34-17-20-10-6-4-7-11-20)25(27(22)14-15-28)26(31-2,32-3)21-12-8-5-9-13-21/h4-13,16,28H,14-15,17-19H2,1-3H3. The lowest BCUT2D eigenvalue weighted by molar-refractivity contribution is -0.190. The number of methoxy groups -OCH3 is 3. The van der Waals surface area contributed by atoms with Crippen LogP contribution in [0.4, 0.5) is 0 Å². The minimum Gasteiger partial charge on any atom is -0.483 e. The second kappa shape index (κ2) is 12.5. The molecule has 2 aromatic carbocycles. The van der Waals surface area contributed by atoms with Gasteiger partial charge in [-0.05, 0) is 5.56 Å². The van der Waals surface area contributed by atoms with Crippen molar-refractivity contribution in [1.82, 2.24) is 4.57 Å². The van der Waals surface area contributed by atoms with Gasteiger partial charge in [0.15, 0.2) is 5.75 Å². The lowest BCUT2D eigenvalue weighted by Gasteiger charge is -2.35. The number of rotatable bonds is 13. The zero-order chi connectivity index (χ0) is 24.4. The Balaban J connectivity index is 2.25. The number of pyridine rings is 1. The first-order valence-corrected chi connectivity index (χ1v) is 10.9. The van der Waals surface area contributed by atoms with Crippen molar-refractivity contribution in [3.05, 3.63) is 99.5 Å². The van der Waals surface area contributed by atoms with Crippen LogP contribution in [0.15, 0.2) is 71.5 Å². The second-order valence-corrected chi connectivity index (χ2v) is 7.47. The first-order chi connectivity index (χ1) is 16.6. The summed E-state index contributed by atoms with van der Waals surface area (Å²) in [4.78, 5) is 13.4. The van der Waals surface area contributed by atoms with Gasteiger partial charge < -0.3 is 33.4 Å². The zero-order valence-corrected chi connectivity index (χ0v) is 19.7. The molecular formula is C26H31NO7. The molecule has 0 aliphatic rings. The molecule has 1 aromatic heterocycles. The Bertz CT molecular complexity index is 1080. The maximum atomic E-state index is 13.4. The third-order valence-corrected chi connectivity index (χ3v) is 5.39. The number of hydrogen-bond acceptors (Lipinski definition) is 7. The average Bonchev–Trinajstić information content (AvgIpc) is 2.88. The highest BCUT2D eigenvalue weighted by Crippen LogP contribution is 2.39. The summed E-state index contributed by atoms with van der Waals surface area (Å²) in [6.07, 6.45) is 0. The molecule has 8 heteroatoms. The number of ether oxygens (including phenoxy) is 5. The second-order valence-electron chi connectivity index (χ2n) is 7.47. The van der Waals surface area contributed by atoms with Crippen molar-refractivity contribution in [2.24, 2.45) is 0 Å². The van der Waals surface area contributed by atoms with E-state index in [1.54, 1.807) is 4.57 Å². The Morgan fingerprint density at radius 3 is 2.15 bits per heavy atom. The summed E-state index contributed by atoms with van der Waals surface area (Å²) in [7, 11) is 4.52. The van der Waals surface area contributed by atoms with Gasteiger partial charge in [0.05, 0.1) is 13.2 Å². The van der Waals surface area contributed by atoms with Crippen LogP contribution in [-0.4, -0.2) is 44.4 Å². The van der Waals surface area contributed by atoms with Crippen molar-refractivity contribution >= 4 is 0 Å². The molecule has 0 saturated carbocycles. The molecule has 0 amide bonds. The highest BCUT2D eigenvalue weighted by atomic mass is 16.7. The normalized spacial score (nSPS) is 11.5. The van der Waals surface area contributed by atoms with E-state index in [1.165, 1.54) is 27.4 Å². The Hall–Kier alpha value is -3.01. The van der Waals surface area contributed by atoms with E-state index in [9.17, 15) is 9.90 Å². The topological polar surface area (TPSA) is 88.4 Å². The predicted octanol–water partition coefficient (Wildman–Crippen LogP) is 3.03. The van der Waals surface area contributed by atoms with Crippen LogP contribution < -0.4 is 10.2 Å². The largest absolute Gasteiger partial charge is 0.483 e. The molecule has 34 heavy (non-hydrogen) atoms. The molecule has 0 radical (unpaired) electrons. The van der Waals surface area contributed by atoms with E-state index < -0.39 is 5.79 Å². The Kier molecular flexibility index (Phi) is 9.38. The molecule has 0 unspecified atom stereocenters. The summed E-state index contributed by atoms with van der Waals surface area (Å²) < 4.78 is 30.3. The fourth-order valence-corrected chi connectivity index (χ4v) is 3.89. The summed E-state index contributed by atoms with van der Waals surface area (Å²) in [6.45, 7) is 0.258. The van der Waals surface area contributed by atoms with Gasteiger partial charge in [0.25, 0.3) is 0 Å². The fourth-order valence-electron chi connectivity index (χ4n) is 3.89. The summed E-state index contributed by atoms with van der Waals surface area (Å²) >= 11 is 0. The Morgan fingerprint density at radius 2 is 1.56 bits per heavy atom. The summed E-state index contributed by atoms with van der Waals surface area (Å²) in [6, 6.07) is 20.3. The lowest BCUT2D eigenvalue weighted by Crippen LogP contribution is -2.39. The van der Waals surface area contributed by atoms with E-state index in [1.807, 2.05) is 60.7 Å². The Labute approximate surface area is 199 Å². The fraction of sp³-hybridized carbons (Fsp3) is 0.346. The third-order valence-electron chi connectivity index (χ3n) is 5.39. The van der Waals surface area contributed by atoms with Crippen LogP contribution in [0.2, 0.25) is 0 Å². The van der Waals surface area contributed by atoms with Gasteiger partial charge in [-0.25, -0.2) is 0 Å². The van der Waals surface area contributed by atoms with E-state index in [4.69, 9.17) is 23.7 Å². The van der Waals surface area contributed by atoms with Gasteiger partial charge in [-0.15, -0.1) is 0 Å². The van der Waals surface area contributed by atoms with Gasteiger partial charge in [-0.2, -0.15) is 0 Å².